The fourth-order valence-electron chi connectivity index (χ4n) is 4.79. The molecule has 1 N–H and O–H groups in total. The van der Waals surface area contributed by atoms with Crippen molar-refractivity contribution in [3.63, 3.8) is 0 Å². The highest BCUT2D eigenvalue weighted by molar-refractivity contribution is 5.82. The van der Waals surface area contributed by atoms with Crippen molar-refractivity contribution in [2.24, 2.45) is 17.3 Å². The van der Waals surface area contributed by atoms with Crippen LogP contribution in [0.15, 0.2) is 12.2 Å². The second-order valence-corrected chi connectivity index (χ2v) is 7.44. The molecule has 2 aliphatic carbocycles. The molecule has 6 atom stereocenters. The molecule has 3 rings (SSSR count). The van der Waals surface area contributed by atoms with Gasteiger partial charge in [0.05, 0.1) is 0 Å². The third-order valence-electron chi connectivity index (χ3n) is 6.02. The second kappa shape index (κ2) is 4.82. The molecule has 3 fully saturated rings. The number of ether oxygens (including phenoxy) is 2. The van der Waals surface area contributed by atoms with E-state index in [0.717, 1.165) is 24.8 Å². The summed E-state index contributed by atoms with van der Waals surface area (Å²) in [7, 11) is 0. The minimum absolute atomic E-state index is 0.0673. The summed E-state index contributed by atoms with van der Waals surface area (Å²) in [5, 5.41) is 10.4. The normalized spacial score (nSPS) is 47.5. The zero-order chi connectivity index (χ0) is 16.3. The van der Waals surface area contributed by atoms with Crippen molar-refractivity contribution in [3.05, 3.63) is 12.2 Å². The lowest BCUT2D eigenvalue weighted by Crippen LogP contribution is -2.56. The number of rotatable bonds is 1. The maximum absolute atomic E-state index is 12.0. The fraction of sp³-hybridized carbons (Fsp3) is 0.765. The average molecular weight is 308 g/mol. The Kier molecular flexibility index (Phi) is 3.40. The van der Waals surface area contributed by atoms with Gasteiger partial charge >= 0.3 is 11.9 Å². The molecule has 0 spiro atoms. The SMILES string of the molecule is C=C1CCC(OC(C)=O)C2(C)CCC3C(OC(=O)C3(C)O)C12. The second-order valence-electron chi connectivity index (χ2n) is 7.44. The van der Waals surface area contributed by atoms with Crippen LogP contribution in [-0.2, 0) is 19.1 Å². The topological polar surface area (TPSA) is 72.8 Å². The Hall–Kier alpha value is -1.36. The number of aliphatic hydroxyl groups is 1. The predicted octanol–water partition coefficient (Wildman–Crippen LogP) is 1.98. The van der Waals surface area contributed by atoms with Crippen molar-refractivity contribution < 1.29 is 24.2 Å². The molecule has 1 saturated heterocycles. The largest absolute Gasteiger partial charge is 0.462 e. The molecule has 6 unspecified atom stereocenters. The van der Waals surface area contributed by atoms with Crippen LogP contribution in [-0.4, -0.2) is 34.9 Å². The van der Waals surface area contributed by atoms with E-state index in [1.807, 2.05) is 0 Å². The summed E-state index contributed by atoms with van der Waals surface area (Å²) in [5.41, 5.74) is -0.685. The number of esters is 2. The number of carbonyl (C=O) groups excluding carboxylic acids is 2. The van der Waals surface area contributed by atoms with Gasteiger partial charge in [0.15, 0.2) is 5.60 Å². The molecule has 0 radical (unpaired) electrons. The zero-order valence-corrected chi connectivity index (χ0v) is 13.4. The van der Waals surface area contributed by atoms with E-state index in [1.165, 1.54) is 13.8 Å². The molecule has 22 heavy (non-hydrogen) atoms. The first-order valence-corrected chi connectivity index (χ1v) is 7.96. The van der Waals surface area contributed by atoms with Crippen molar-refractivity contribution in [1.82, 2.24) is 0 Å². The van der Waals surface area contributed by atoms with Gasteiger partial charge in [0.25, 0.3) is 0 Å². The molecule has 0 aromatic rings. The van der Waals surface area contributed by atoms with E-state index < -0.39 is 11.6 Å². The molecule has 3 aliphatic rings. The van der Waals surface area contributed by atoms with Gasteiger partial charge in [0.1, 0.15) is 12.2 Å². The summed E-state index contributed by atoms with van der Waals surface area (Å²) in [5.74, 6) is -1.11. The van der Waals surface area contributed by atoms with Crippen LogP contribution in [0.4, 0.5) is 0 Å². The molecule has 0 aromatic carbocycles. The minimum atomic E-state index is -1.43. The van der Waals surface area contributed by atoms with Crippen molar-refractivity contribution >= 4 is 11.9 Å². The Balaban J connectivity index is 1.96. The molecule has 122 valence electrons. The van der Waals surface area contributed by atoms with Crippen LogP contribution < -0.4 is 0 Å². The third kappa shape index (κ3) is 2.02. The fourth-order valence-corrected chi connectivity index (χ4v) is 4.79. The molecule has 1 heterocycles. The summed E-state index contributed by atoms with van der Waals surface area (Å²) in [6.07, 6.45) is 2.41. The number of fused-ring (bicyclic) bond motifs is 3. The smallest absolute Gasteiger partial charge is 0.338 e. The Labute approximate surface area is 130 Å². The Morgan fingerprint density at radius 2 is 2.09 bits per heavy atom. The van der Waals surface area contributed by atoms with Gasteiger partial charge in [-0.25, -0.2) is 4.79 Å². The summed E-state index contributed by atoms with van der Waals surface area (Å²) in [4.78, 5) is 23.4. The van der Waals surface area contributed by atoms with E-state index in [0.29, 0.717) is 6.42 Å². The predicted molar refractivity (Wildman–Crippen MR) is 78.8 cm³/mol. The van der Waals surface area contributed by atoms with Gasteiger partial charge in [0.2, 0.25) is 0 Å². The van der Waals surface area contributed by atoms with E-state index in [1.54, 1.807) is 0 Å². The molecule has 0 amide bonds. The molecular formula is C17H24O5. The monoisotopic (exact) mass is 308 g/mol. The standard InChI is InChI=1S/C17H24O5/c1-9-5-6-12(21-10(2)18)16(3)8-7-11-14(13(9)16)22-15(19)17(11,4)20/h11-14,20H,1,5-8H2,2-4H3. The number of hydrogen-bond acceptors (Lipinski definition) is 5. The van der Waals surface area contributed by atoms with Gasteiger partial charge in [-0.05, 0) is 32.6 Å². The van der Waals surface area contributed by atoms with Crippen molar-refractivity contribution in [1.29, 1.82) is 0 Å². The van der Waals surface area contributed by atoms with Gasteiger partial charge < -0.3 is 14.6 Å². The van der Waals surface area contributed by atoms with Crippen LogP contribution in [0.3, 0.4) is 0 Å². The van der Waals surface area contributed by atoms with Crippen LogP contribution in [0.2, 0.25) is 0 Å². The van der Waals surface area contributed by atoms with E-state index in [2.05, 4.69) is 13.5 Å². The molecule has 5 nitrogen and oxygen atoms in total. The lowest BCUT2D eigenvalue weighted by atomic mass is 9.53. The first kappa shape index (κ1) is 15.5. The van der Waals surface area contributed by atoms with E-state index >= 15 is 0 Å². The first-order chi connectivity index (χ1) is 10.2. The van der Waals surface area contributed by atoms with Crippen LogP contribution in [0.1, 0.15) is 46.5 Å². The number of hydrogen-bond donors (Lipinski definition) is 1. The minimum Gasteiger partial charge on any atom is -0.462 e. The summed E-state index contributed by atoms with van der Waals surface area (Å²) in [6, 6.07) is 0. The lowest BCUT2D eigenvalue weighted by molar-refractivity contribution is -0.171. The van der Waals surface area contributed by atoms with Crippen LogP contribution in [0, 0.1) is 17.3 Å². The third-order valence-corrected chi connectivity index (χ3v) is 6.02. The van der Waals surface area contributed by atoms with Gasteiger partial charge in [-0.3, -0.25) is 4.79 Å². The lowest BCUT2D eigenvalue weighted by Gasteiger charge is -2.53. The van der Waals surface area contributed by atoms with E-state index in [4.69, 9.17) is 9.47 Å². The van der Waals surface area contributed by atoms with Crippen LogP contribution >= 0.6 is 0 Å². The Morgan fingerprint density at radius 1 is 1.41 bits per heavy atom. The molecule has 0 aromatic heterocycles. The first-order valence-electron chi connectivity index (χ1n) is 7.96. The highest BCUT2D eigenvalue weighted by atomic mass is 16.6. The zero-order valence-electron chi connectivity index (χ0n) is 13.4. The summed E-state index contributed by atoms with van der Waals surface area (Å²) < 4.78 is 11.1. The van der Waals surface area contributed by atoms with Crippen molar-refractivity contribution in [3.8, 4) is 0 Å². The quantitative estimate of drug-likeness (QED) is 0.592. The summed E-state index contributed by atoms with van der Waals surface area (Å²) >= 11 is 0. The van der Waals surface area contributed by atoms with Crippen LogP contribution in [0.5, 0.6) is 0 Å². The van der Waals surface area contributed by atoms with E-state index in [9.17, 15) is 14.7 Å². The Bertz CT molecular complexity index is 537. The van der Waals surface area contributed by atoms with Crippen molar-refractivity contribution in [2.75, 3.05) is 0 Å². The molecule has 0 bridgehead atoms. The van der Waals surface area contributed by atoms with Gasteiger partial charge in [-0.2, -0.15) is 0 Å². The average Bonchev–Trinajstić information content (AvgIpc) is 2.63. The van der Waals surface area contributed by atoms with E-state index in [-0.39, 0.29) is 35.4 Å². The molecule has 2 saturated carbocycles. The molecule has 5 heteroatoms. The van der Waals surface area contributed by atoms with Gasteiger partial charge in [0, 0.05) is 24.2 Å². The van der Waals surface area contributed by atoms with Crippen LogP contribution in [0.25, 0.3) is 0 Å². The highest BCUT2D eigenvalue weighted by Crippen LogP contribution is 2.58. The molecular weight excluding hydrogens is 284 g/mol. The summed E-state index contributed by atoms with van der Waals surface area (Å²) in [6.45, 7) is 9.23. The Morgan fingerprint density at radius 3 is 2.73 bits per heavy atom. The number of carbonyl (C=O) groups is 2. The van der Waals surface area contributed by atoms with Gasteiger partial charge in [-0.1, -0.05) is 19.1 Å². The van der Waals surface area contributed by atoms with Crippen molar-refractivity contribution in [2.45, 2.75) is 64.3 Å². The maximum Gasteiger partial charge on any atom is 0.338 e. The van der Waals surface area contributed by atoms with Gasteiger partial charge in [-0.15, -0.1) is 0 Å². The maximum atomic E-state index is 12.0. The molecule has 1 aliphatic heterocycles. The highest BCUT2D eigenvalue weighted by Gasteiger charge is 2.64.